The second kappa shape index (κ2) is 6.47. The summed E-state index contributed by atoms with van der Waals surface area (Å²) in [7, 11) is -3.75. The number of nitrogens with one attached hydrogen (secondary N) is 1. The predicted molar refractivity (Wildman–Crippen MR) is 77.0 cm³/mol. The monoisotopic (exact) mass is 349 g/mol. The minimum atomic E-state index is -3.75. The van der Waals surface area contributed by atoms with E-state index in [2.05, 4.69) is 21.2 Å². The van der Waals surface area contributed by atoms with Crippen LogP contribution < -0.4 is 16.2 Å². The molecule has 6 nitrogen and oxygen atoms in total. The van der Waals surface area contributed by atoms with Crippen LogP contribution in [-0.4, -0.2) is 20.4 Å². The van der Waals surface area contributed by atoms with Crippen molar-refractivity contribution in [2.75, 3.05) is 5.32 Å². The Hall–Kier alpha value is -0.960. The SMILES string of the molecule is CC(N)CCC(=O)Nc1ccc(S(N)(=O)=O)cc1Br. The molecule has 0 spiro atoms. The highest BCUT2D eigenvalue weighted by atomic mass is 79.9. The van der Waals surface area contributed by atoms with Gasteiger partial charge in [-0.25, -0.2) is 13.6 Å². The maximum absolute atomic E-state index is 11.6. The summed E-state index contributed by atoms with van der Waals surface area (Å²) in [5, 5.41) is 7.68. The third-order valence-corrected chi connectivity index (χ3v) is 3.94. The standard InChI is InChI=1S/C11H16BrN3O3S/c1-7(13)2-5-11(16)15-10-4-3-8(6-9(10)12)19(14,17)18/h3-4,6-7H,2,5,13H2,1H3,(H,15,16)(H2,14,17,18). The zero-order valence-electron chi connectivity index (χ0n) is 10.4. The Morgan fingerprint density at radius 3 is 2.58 bits per heavy atom. The largest absolute Gasteiger partial charge is 0.328 e. The van der Waals surface area contributed by atoms with Crippen molar-refractivity contribution < 1.29 is 13.2 Å². The summed E-state index contributed by atoms with van der Waals surface area (Å²) in [5.41, 5.74) is 6.05. The van der Waals surface area contributed by atoms with E-state index in [0.29, 0.717) is 23.0 Å². The number of sulfonamides is 1. The summed E-state index contributed by atoms with van der Waals surface area (Å²) in [6.07, 6.45) is 0.889. The summed E-state index contributed by atoms with van der Waals surface area (Å²) < 4.78 is 22.8. The third-order valence-electron chi connectivity index (χ3n) is 2.37. The molecule has 0 radical (unpaired) electrons. The average Bonchev–Trinajstić information content (AvgIpc) is 2.27. The second-order valence-corrected chi connectivity index (χ2v) is 6.67. The normalized spacial score (nSPS) is 13.1. The van der Waals surface area contributed by atoms with Crippen LogP contribution in [0.15, 0.2) is 27.6 Å². The highest BCUT2D eigenvalue weighted by molar-refractivity contribution is 9.10. The van der Waals surface area contributed by atoms with E-state index in [4.69, 9.17) is 10.9 Å². The van der Waals surface area contributed by atoms with Crippen LogP contribution in [0.5, 0.6) is 0 Å². The van der Waals surface area contributed by atoms with Crippen LogP contribution in [0.3, 0.4) is 0 Å². The Bertz CT molecular complexity index is 573. The van der Waals surface area contributed by atoms with Crippen molar-refractivity contribution in [1.29, 1.82) is 0 Å². The number of hydrogen-bond acceptors (Lipinski definition) is 4. The minimum Gasteiger partial charge on any atom is -0.328 e. The molecule has 1 amide bonds. The molecular weight excluding hydrogens is 334 g/mol. The van der Waals surface area contributed by atoms with Crippen LogP contribution in [0.4, 0.5) is 5.69 Å². The lowest BCUT2D eigenvalue weighted by Gasteiger charge is -2.09. The number of rotatable bonds is 5. The van der Waals surface area contributed by atoms with E-state index in [0.717, 1.165) is 0 Å². The van der Waals surface area contributed by atoms with Gasteiger partial charge in [-0.2, -0.15) is 0 Å². The summed E-state index contributed by atoms with van der Waals surface area (Å²) >= 11 is 3.19. The molecule has 0 bridgehead atoms. The molecule has 0 aromatic heterocycles. The van der Waals surface area contributed by atoms with E-state index in [1.54, 1.807) is 0 Å². The van der Waals surface area contributed by atoms with Gasteiger partial charge in [-0.15, -0.1) is 0 Å². The molecule has 0 saturated carbocycles. The Kier molecular flexibility index (Phi) is 5.48. The summed E-state index contributed by atoms with van der Waals surface area (Å²) in [4.78, 5) is 11.6. The van der Waals surface area contributed by atoms with E-state index in [1.165, 1.54) is 18.2 Å². The van der Waals surface area contributed by atoms with Gasteiger partial charge in [0, 0.05) is 16.9 Å². The molecule has 106 valence electrons. The fraction of sp³-hybridized carbons (Fsp3) is 0.364. The predicted octanol–water partition coefficient (Wildman–Crippen LogP) is 1.16. The lowest BCUT2D eigenvalue weighted by atomic mass is 10.2. The van der Waals surface area contributed by atoms with Gasteiger partial charge < -0.3 is 11.1 Å². The molecule has 1 rings (SSSR count). The Morgan fingerprint density at radius 1 is 1.47 bits per heavy atom. The topological polar surface area (TPSA) is 115 Å². The van der Waals surface area contributed by atoms with Crippen molar-refractivity contribution in [3.8, 4) is 0 Å². The molecule has 0 aliphatic carbocycles. The van der Waals surface area contributed by atoms with E-state index < -0.39 is 10.0 Å². The average molecular weight is 350 g/mol. The lowest BCUT2D eigenvalue weighted by molar-refractivity contribution is -0.116. The number of carbonyl (C=O) groups excluding carboxylic acids is 1. The molecule has 5 N–H and O–H groups in total. The van der Waals surface area contributed by atoms with Crippen molar-refractivity contribution in [3.05, 3.63) is 22.7 Å². The number of anilines is 1. The molecular formula is C11H16BrN3O3S. The van der Waals surface area contributed by atoms with Crippen LogP contribution in [-0.2, 0) is 14.8 Å². The second-order valence-electron chi connectivity index (χ2n) is 4.25. The third kappa shape index (κ3) is 5.27. The van der Waals surface area contributed by atoms with Gasteiger partial charge in [0.1, 0.15) is 0 Å². The minimum absolute atomic E-state index is 0.0204. The highest BCUT2D eigenvalue weighted by Crippen LogP contribution is 2.25. The van der Waals surface area contributed by atoms with Gasteiger partial charge in [0.25, 0.3) is 0 Å². The fourth-order valence-electron chi connectivity index (χ4n) is 1.35. The summed E-state index contributed by atoms with van der Waals surface area (Å²) in [6.45, 7) is 1.82. The Morgan fingerprint density at radius 2 is 2.11 bits per heavy atom. The van der Waals surface area contributed by atoms with Gasteiger partial charge in [-0.05, 0) is 47.5 Å². The summed E-state index contributed by atoms with van der Waals surface area (Å²) in [5.74, 6) is -0.179. The maximum Gasteiger partial charge on any atom is 0.238 e. The number of primary sulfonamides is 1. The van der Waals surface area contributed by atoms with E-state index in [-0.39, 0.29) is 16.8 Å². The molecule has 1 aromatic rings. The van der Waals surface area contributed by atoms with Crippen molar-refractivity contribution in [3.63, 3.8) is 0 Å². The van der Waals surface area contributed by atoms with Crippen LogP contribution in [0.1, 0.15) is 19.8 Å². The van der Waals surface area contributed by atoms with Gasteiger partial charge >= 0.3 is 0 Å². The van der Waals surface area contributed by atoms with E-state index in [9.17, 15) is 13.2 Å². The van der Waals surface area contributed by atoms with Crippen LogP contribution in [0.2, 0.25) is 0 Å². The van der Waals surface area contributed by atoms with Crippen molar-refractivity contribution >= 4 is 37.5 Å². The van der Waals surface area contributed by atoms with Crippen LogP contribution >= 0.6 is 15.9 Å². The molecule has 0 saturated heterocycles. The molecule has 0 aliphatic rings. The molecule has 0 aliphatic heterocycles. The first-order chi connectivity index (χ1) is 8.70. The summed E-state index contributed by atoms with van der Waals surface area (Å²) in [6, 6.07) is 4.12. The molecule has 1 aromatic carbocycles. The van der Waals surface area contributed by atoms with E-state index in [1.807, 2.05) is 6.92 Å². The zero-order chi connectivity index (χ0) is 14.6. The van der Waals surface area contributed by atoms with Gasteiger partial charge in [-0.3, -0.25) is 4.79 Å². The first-order valence-corrected chi connectivity index (χ1v) is 7.92. The Labute approximate surface area is 120 Å². The van der Waals surface area contributed by atoms with Crippen molar-refractivity contribution in [1.82, 2.24) is 0 Å². The Balaban J connectivity index is 2.78. The molecule has 8 heteroatoms. The number of halogens is 1. The van der Waals surface area contributed by atoms with Gasteiger partial charge in [-0.1, -0.05) is 0 Å². The van der Waals surface area contributed by atoms with Gasteiger partial charge in [0.2, 0.25) is 15.9 Å². The number of amides is 1. The number of hydrogen-bond donors (Lipinski definition) is 3. The quantitative estimate of drug-likeness (QED) is 0.739. The number of nitrogens with two attached hydrogens (primary N) is 2. The number of carbonyl (C=O) groups is 1. The molecule has 19 heavy (non-hydrogen) atoms. The molecule has 1 unspecified atom stereocenters. The first kappa shape index (κ1) is 16.1. The van der Waals surface area contributed by atoms with Crippen LogP contribution in [0, 0.1) is 0 Å². The van der Waals surface area contributed by atoms with Crippen molar-refractivity contribution in [2.24, 2.45) is 10.9 Å². The maximum atomic E-state index is 11.6. The zero-order valence-corrected chi connectivity index (χ0v) is 12.8. The molecule has 1 atom stereocenters. The molecule has 0 fully saturated rings. The van der Waals surface area contributed by atoms with Crippen LogP contribution in [0.25, 0.3) is 0 Å². The fourth-order valence-corrected chi connectivity index (χ4v) is 2.51. The smallest absolute Gasteiger partial charge is 0.238 e. The van der Waals surface area contributed by atoms with Gasteiger partial charge in [0.15, 0.2) is 0 Å². The highest BCUT2D eigenvalue weighted by Gasteiger charge is 2.12. The van der Waals surface area contributed by atoms with E-state index >= 15 is 0 Å². The van der Waals surface area contributed by atoms with Crippen molar-refractivity contribution in [2.45, 2.75) is 30.7 Å². The molecule has 0 heterocycles. The lowest BCUT2D eigenvalue weighted by Crippen LogP contribution is -2.19. The first-order valence-electron chi connectivity index (χ1n) is 5.58. The number of benzene rings is 1. The van der Waals surface area contributed by atoms with Gasteiger partial charge in [0.05, 0.1) is 10.6 Å².